The van der Waals surface area contributed by atoms with Crippen molar-refractivity contribution in [1.82, 2.24) is 0 Å². The van der Waals surface area contributed by atoms with E-state index < -0.39 is 85.9 Å². The van der Waals surface area contributed by atoms with Gasteiger partial charge in [-0.3, -0.25) is 6.08 Å². The molecule has 0 unspecified atom stereocenters. The number of benzene rings is 2. The summed E-state index contributed by atoms with van der Waals surface area (Å²) < 4.78 is 137. The smallest absolute Gasteiger partial charge is 0.214 e. The molecule has 0 atom stereocenters. The predicted octanol–water partition coefficient (Wildman–Crippen LogP) is 9.02. The molecular formula is C30H20BF10Zr. The van der Waals surface area contributed by atoms with Gasteiger partial charge in [-0.15, -0.1) is 13.8 Å². The van der Waals surface area contributed by atoms with E-state index >= 15 is 0 Å². The Hall–Kier alpha value is -3.13. The summed E-state index contributed by atoms with van der Waals surface area (Å²) in [6.45, 7) is 8.12. The minimum atomic E-state index is -2.51. The second-order valence-electron chi connectivity index (χ2n) is 8.28. The third-order valence-corrected chi connectivity index (χ3v) is 5.88. The number of rotatable bonds is 3. The van der Waals surface area contributed by atoms with Crippen LogP contribution in [0.15, 0.2) is 59.7 Å². The Morgan fingerprint density at radius 1 is 0.667 bits per heavy atom. The van der Waals surface area contributed by atoms with E-state index in [0.29, 0.717) is 6.08 Å². The Morgan fingerprint density at radius 3 is 1.36 bits per heavy atom. The van der Waals surface area contributed by atoms with E-state index in [0.717, 1.165) is 6.08 Å². The number of allylic oxidation sites excluding steroid dienone is 8. The molecule has 42 heavy (non-hydrogen) atoms. The molecule has 217 valence electrons. The average molecular weight is 673 g/mol. The Balaban J connectivity index is 0.000000522. The van der Waals surface area contributed by atoms with E-state index in [-0.39, 0.29) is 26.2 Å². The van der Waals surface area contributed by atoms with Crippen molar-refractivity contribution < 1.29 is 70.1 Å². The van der Waals surface area contributed by atoms with Gasteiger partial charge in [-0.05, 0) is 0 Å². The van der Waals surface area contributed by atoms with Gasteiger partial charge in [0, 0.05) is 0 Å². The molecule has 0 saturated heterocycles. The maximum Gasteiger partial charge on any atom is 2.00 e. The summed E-state index contributed by atoms with van der Waals surface area (Å²) in [5.41, 5.74) is -3.70. The summed E-state index contributed by atoms with van der Waals surface area (Å²) in [5, 5.41) is 0. The minimum Gasteiger partial charge on any atom is -0.214 e. The number of hydrogen-bond acceptors (Lipinski definition) is 0. The molecular weight excluding hydrogens is 652 g/mol. The molecule has 0 aromatic heterocycles. The quantitative estimate of drug-likeness (QED) is 0.0651. The zero-order chi connectivity index (χ0) is 31.2. The monoisotopic (exact) mass is 671 g/mol. The average Bonchev–Trinajstić information content (AvgIpc) is 3.67. The molecule has 3 aromatic rings. The van der Waals surface area contributed by atoms with Gasteiger partial charge in [0.25, 0.3) is 0 Å². The number of halogens is 10. The van der Waals surface area contributed by atoms with Crippen LogP contribution in [0.5, 0.6) is 0 Å². The van der Waals surface area contributed by atoms with Gasteiger partial charge in [-0.1, -0.05) is 13.8 Å². The minimum absolute atomic E-state index is 0. The van der Waals surface area contributed by atoms with Crippen LogP contribution >= 0.6 is 0 Å². The van der Waals surface area contributed by atoms with Gasteiger partial charge >= 0.3 is 176 Å². The van der Waals surface area contributed by atoms with E-state index in [1.165, 1.54) is 11.1 Å². The Kier molecular flexibility index (Phi) is 14.0. The van der Waals surface area contributed by atoms with Crippen LogP contribution in [-0.2, 0) is 26.2 Å². The molecule has 1 radical (unpaired) electrons. The van der Waals surface area contributed by atoms with E-state index in [1.54, 1.807) is 0 Å². The summed E-state index contributed by atoms with van der Waals surface area (Å²) in [4.78, 5) is 0. The molecule has 3 aromatic carbocycles. The topological polar surface area (TPSA) is 0 Å². The number of hydrogen-bond donors (Lipinski definition) is 0. The van der Waals surface area contributed by atoms with Crippen molar-refractivity contribution in [3.63, 3.8) is 0 Å². The van der Waals surface area contributed by atoms with Crippen LogP contribution in [0.1, 0.15) is 38.8 Å². The standard InChI is InChI=1S/C17H2BF10.C8H13.C5H5.Zr/c18-4-2-1-3(6-8(19)12(23)16(27)13(24)9(6)20)5(4)7-10(21)14(25)17(28)15(26)11(7)22;1-5-7(3)8(4)6-2;1-2-4-5-3-1;/h1-2H;5H,1-4H3;1-5H;/q;2*-1;+2. The molecule has 0 amide bonds. The molecule has 1 aliphatic rings. The maximum absolute atomic E-state index is 14.1. The van der Waals surface area contributed by atoms with Crippen LogP contribution in [0.2, 0.25) is 0 Å². The second kappa shape index (κ2) is 15.9. The first-order valence-electron chi connectivity index (χ1n) is 11.6. The molecule has 1 aliphatic carbocycles. The summed E-state index contributed by atoms with van der Waals surface area (Å²) in [7, 11) is 5.41. The molecule has 4 rings (SSSR count). The Bertz CT molecular complexity index is 1420. The van der Waals surface area contributed by atoms with Crippen LogP contribution in [0.4, 0.5) is 43.9 Å². The van der Waals surface area contributed by atoms with Gasteiger partial charge in [0.2, 0.25) is 0 Å². The molecule has 0 heterocycles. The van der Waals surface area contributed by atoms with E-state index in [1.807, 2.05) is 44.2 Å². The first-order valence-corrected chi connectivity index (χ1v) is 11.6. The first kappa shape index (κ1) is 36.9. The first-order chi connectivity index (χ1) is 19.2. The van der Waals surface area contributed by atoms with Crippen LogP contribution in [0.3, 0.4) is 0 Å². The molecule has 0 aliphatic heterocycles. The maximum atomic E-state index is 14.1. The van der Waals surface area contributed by atoms with Gasteiger partial charge in [-0.2, -0.15) is 24.3 Å². The van der Waals surface area contributed by atoms with Crippen molar-refractivity contribution in [1.29, 1.82) is 0 Å². The van der Waals surface area contributed by atoms with Crippen molar-refractivity contribution in [2.75, 3.05) is 0 Å². The SMILES string of the molecule is C[C-]=C(C)C(C)=CC.[B]=C1C=CC(c2c(F)c(F)c(F)c(F)c2F)=C1c1c(F)c(F)c(F)c(F)c1F.[Zr+2].c1cc[cH-]c1. The summed E-state index contributed by atoms with van der Waals surface area (Å²) in [6, 6.07) is 10.0. The van der Waals surface area contributed by atoms with Crippen molar-refractivity contribution in [2.24, 2.45) is 0 Å². The van der Waals surface area contributed by atoms with Crippen molar-refractivity contribution in [3.8, 4) is 0 Å². The van der Waals surface area contributed by atoms with Crippen LogP contribution in [0.25, 0.3) is 11.1 Å². The molecule has 0 spiro atoms. The van der Waals surface area contributed by atoms with Gasteiger partial charge in [0.1, 0.15) is 0 Å². The summed E-state index contributed by atoms with van der Waals surface area (Å²) >= 11 is 0. The van der Waals surface area contributed by atoms with Crippen molar-refractivity contribution in [2.45, 2.75) is 27.7 Å². The van der Waals surface area contributed by atoms with Crippen molar-refractivity contribution >= 4 is 24.1 Å². The van der Waals surface area contributed by atoms with Crippen molar-refractivity contribution in [3.05, 3.63) is 135 Å². The fraction of sp³-hybridized carbons (Fsp3) is 0.133. The van der Waals surface area contributed by atoms with Crippen LogP contribution in [0, 0.1) is 64.2 Å². The zero-order valence-corrected chi connectivity index (χ0v) is 24.9. The predicted molar refractivity (Wildman–Crippen MR) is 139 cm³/mol. The molecule has 12 heteroatoms. The largest absolute Gasteiger partial charge is 2.00 e. The van der Waals surface area contributed by atoms with Gasteiger partial charge in [0.05, 0.1) is 0 Å². The van der Waals surface area contributed by atoms with E-state index in [4.69, 9.17) is 7.49 Å². The Morgan fingerprint density at radius 2 is 1.05 bits per heavy atom. The molecule has 0 N–H and O–H groups in total. The Labute approximate surface area is 256 Å². The van der Waals surface area contributed by atoms with E-state index in [2.05, 4.69) is 26.0 Å². The van der Waals surface area contributed by atoms with Gasteiger partial charge < -0.3 is 0 Å². The molecule has 0 fully saturated rings. The third-order valence-electron chi connectivity index (χ3n) is 5.88. The zero-order valence-electron chi connectivity index (χ0n) is 22.5. The van der Waals surface area contributed by atoms with Crippen LogP contribution in [-0.4, -0.2) is 13.0 Å². The van der Waals surface area contributed by atoms with E-state index in [9.17, 15) is 43.9 Å². The summed E-state index contributed by atoms with van der Waals surface area (Å²) in [6.07, 6.45) is 6.50. The second-order valence-corrected chi connectivity index (χ2v) is 8.28. The molecule has 0 nitrogen and oxygen atoms in total. The van der Waals surface area contributed by atoms with Gasteiger partial charge in [0.15, 0.2) is 0 Å². The fourth-order valence-electron chi connectivity index (χ4n) is 3.38. The third kappa shape index (κ3) is 7.63. The fourth-order valence-corrected chi connectivity index (χ4v) is 3.38. The normalized spacial score (nSPS) is 12.9. The molecule has 0 saturated carbocycles. The van der Waals surface area contributed by atoms with Crippen LogP contribution < -0.4 is 0 Å². The van der Waals surface area contributed by atoms with Gasteiger partial charge in [-0.25, -0.2) is 23.3 Å². The molecule has 0 bridgehead atoms. The summed E-state index contributed by atoms with van der Waals surface area (Å²) in [5.74, 6) is -24.1.